The minimum absolute atomic E-state index is 0.0109. The third-order valence-electron chi connectivity index (χ3n) is 6.64. The number of benzene rings is 3. The predicted molar refractivity (Wildman–Crippen MR) is 150 cm³/mol. The summed E-state index contributed by atoms with van der Waals surface area (Å²) in [4.78, 5) is 24.4. The maximum absolute atomic E-state index is 14.0. The van der Waals surface area contributed by atoms with Crippen molar-refractivity contribution in [3.05, 3.63) is 90.0 Å². The fraction of sp³-hybridized carbons (Fsp3) is 0.310. The first-order valence-corrected chi connectivity index (χ1v) is 14.4. The highest BCUT2D eigenvalue weighted by atomic mass is 32.2. The Labute approximate surface area is 221 Å². The third-order valence-corrected chi connectivity index (χ3v) is 8.41. The van der Waals surface area contributed by atoms with Crippen LogP contribution in [0.1, 0.15) is 23.5 Å². The molecule has 1 aliphatic heterocycles. The summed E-state index contributed by atoms with van der Waals surface area (Å²) in [7, 11) is 0. The van der Waals surface area contributed by atoms with E-state index < -0.39 is 0 Å². The number of aromatic nitrogens is 1. The van der Waals surface area contributed by atoms with E-state index in [9.17, 15) is 4.79 Å². The minimum Gasteiger partial charge on any atom is -0.379 e. The first-order chi connectivity index (χ1) is 17.7. The van der Waals surface area contributed by atoms with Crippen LogP contribution < -0.4 is 4.90 Å². The van der Waals surface area contributed by atoms with Crippen molar-refractivity contribution in [3.63, 3.8) is 0 Å². The van der Waals surface area contributed by atoms with Gasteiger partial charge in [0.25, 0.3) is 0 Å². The second-order valence-corrected chi connectivity index (χ2v) is 10.8. The van der Waals surface area contributed by atoms with Crippen molar-refractivity contribution in [1.82, 2.24) is 9.88 Å². The highest BCUT2D eigenvalue weighted by Gasteiger charge is 2.26. The van der Waals surface area contributed by atoms with Gasteiger partial charge in [0, 0.05) is 43.4 Å². The van der Waals surface area contributed by atoms with Crippen LogP contribution in [0.3, 0.4) is 0 Å². The summed E-state index contributed by atoms with van der Waals surface area (Å²) in [5.41, 5.74) is 3.25. The van der Waals surface area contributed by atoms with Gasteiger partial charge in [0.05, 0.1) is 23.4 Å². The van der Waals surface area contributed by atoms with Crippen molar-refractivity contribution in [2.75, 3.05) is 50.5 Å². The molecule has 1 fully saturated rings. The zero-order valence-corrected chi connectivity index (χ0v) is 22.1. The Morgan fingerprint density at radius 3 is 2.33 bits per heavy atom. The Bertz CT molecular complexity index is 1230. The van der Waals surface area contributed by atoms with Gasteiger partial charge >= 0.3 is 0 Å². The largest absolute Gasteiger partial charge is 0.379 e. The average Bonchev–Trinajstić information content (AvgIpc) is 3.36. The summed E-state index contributed by atoms with van der Waals surface area (Å²) in [6.07, 6.45) is 2.47. The minimum atomic E-state index is -0.0109. The Balaban J connectivity index is 1.44. The van der Waals surface area contributed by atoms with Crippen LogP contribution >= 0.6 is 23.1 Å². The molecule has 0 unspecified atom stereocenters. The second kappa shape index (κ2) is 12.0. The van der Waals surface area contributed by atoms with Crippen LogP contribution in [0.25, 0.3) is 10.2 Å². The molecule has 1 aromatic heterocycles. The van der Waals surface area contributed by atoms with Gasteiger partial charge in [-0.2, -0.15) is 0 Å². The molecule has 1 aliphatic rings. The number of fused-ring (bicyclic) bond motifs is 1. The lowest BCUT2D eigenvalue weighted by molar-refractivity contribution is -0.118. The van der Waals surface area contributed by atoms with E-state index in [2.05, 4.69) is 53.6 Å². The van der Waals surface area contributed by atoms with Crippen molar-refractivity contribution in [2.45, 2.75) is 17.2 Å². The highest BCUT2D eigenvalue weighted by Crippen LogP contribution is 2.34. The van der Waals surface area contributed by atoms with Gasteiger partial charge in [0.2, 0.25) is 5.91 Å². The summed E-state index contributed by atoms with van der Waals surface area (Å²) < 4.78 is 6.63. The number of ether oxygens (including phenoxy) is 1. The van der Waals surface area contributed by atoms with Gasteiger partial charge in [-0.3, -0.25) is 14.6 Å². The normalized spacial score (nSPS) is 14.4. The number of nitrogens with zero attached hydrogens (tertiary/aromatic N) is 3. The molecule has 4 aromatic rings. The number of thioether (sulfide) groups is 1. The lowest BCUT2D eigenvalue weighted by atomic mass is 9.88. The fourth-order valence-electron chi connectivity index (χ4n) is 4.61. The molecule has 1 saturated heterocycles. The van der Waals surface area contributed by atoms with Crippen LogP contribution in [-0.2, 0) is 9.53 Å². The van der Waals surface area contributed by atoms with E-state index in [4.69, 9.17) is 9.72 Å². The van der Waals surface area contributed by atoms with Gasteiger partial charge < -0.3 is 4.74 Å². The van der Waals surface area contributed by atoms with E-state index in [1.54, 1.807) is 23.1 Å². The molecule has 0 N–H and O–H groups in total. The van der Waals surface area contributed by atoms with E-state index in [1.807, 2.05) is 41.3 Å². The molecule has 186 valence electrons. The molecule has 0 atom stereocenters. The van der Waals surface area contributed by atoms with E-state index >= 15 is 0 Å². The van der Waals surface area contributed by atoms with Crippen LogP contribution in [-0.4, -0.2) is 61.4 Å². The molecular weight excluding hydrogens is 486 g/mol. The van der Waals surface area contributed by atoms with Crippen molar-refractivity contribution < 1.29 is 9.53 Å². The van der Waals surface area contributed by atoms with E-state index in [0.717, 1.165) is 59.3 Å². The first kappa shape index (κ1) is 25.0. The van der Waals surface area contributed by atoms with Crippen LogP contribution in [0.15, 0.2) is 83.8 Å². The summed E-state index contributed by atoms with van der Waals surface area (Å²) in [5, 5.41) is 0.779. The Hall–Kier alpha value is -2.71. The lowest BCUT2D eigenvalue weighted by Crippen LogP contribution is -2.43. The van der Waals surface area contributed by atoms with E-state index in [-0.39, 0.29) is 11.8 Å². The Morgan fingerprint density at radius 2 is 1.69 bits per heavy atom. The molecule has 0 aliphatic carbocycles. The topological polar surface area (TPSA) is 45.7 Å². The number of amides is 1. The summed E-state index contributed by atoms with van der Waals surface area (Å²) in [5.74, 6) is 0.0911. The number of rotatable bonds is 9. The average molecular weight is 518 g/mol. The van der Waals surface area contributed by atoms with Crippen molar-refractivity contribution in [1.29, 1.82) is 0 Å². The number of hydrogen-bond donors (Lipinski definition) is 0. The smallest absolute Gasteiger partial charge is 0.229 e. The number of anilines is 1. The second-order valence-electron chi connectivity index (χ2n) is 8.91. The molecule has 0 radical (unpaired) electrons. The van der Waals surface area contributed by atoms with Gasteiger partial charge in [0.1, 0.15) is 0 Å². The molecular formula is C29H31N3O2S2. The maximum atomic E-state index is 14.0. The zero-order valence-electron chi connectivity index (χ0n) is 20.5. The van der Waals surface area contributed by atoms with Crippen LogP contribution in [0.5, 0.6) is 0 Å². The number of morpholine rings is 1. The number of carbonyl (C=O) groups excluding carboxylic acids is 1. The van der Waals surface area contributed by atoms with Crippen molar-refractivity contribution in [3.8, 4) is 0 Å². The first-order valence-electron chi connectivity index (χ1n) is 12.4. The molecule has 0 spiro atoms. The molecule has 3 aromatic carbocycles. The van der Waals surface area contributed by atoms with E-state index in [1.165, 1.54) is 4.90 Å². The molecule has 5 nitrogen and oxygen atoms in total. The van der Waals surface area contributed by atoms with Gasteiger partial charge in [0.15, 0.2) is 5.13 Å². The summed E-state index contributed by atoms with van der Waals surface area (Å²) in [6, 6.07) is 27.0. The molecule has 7 heteroatoms. The number of hydrogen-bond acceptors (Lipinski definition) is 6. The Kier molecular flexibility index (Phi) is 8.33. The monoisotopic (exact) mass is 517 g/mol. The third kappa shape index (κ3) is 5.98. The molecule has 5 rings (SSSR count). The van der Waals surface area contributed by atoms with Gasteiger partial charge in [-0.25, -0.2) is 4.98 Å². The van der Waals surface area contributed by atoms with Crippen LogP contribution in [0.2, 0.25) is 0 Å². The fourth-order valence-corrected chi connectivity index (χ4v) is 6.17. The number of carbonyl (C=O) groups is 1. The molecule has 36 heavy (non-hydrogen) atoms. The molecule has 1 amide bonds. The SMILES string of the molecule is CSc1ccc2nc(N(CCN3CCOCC3)C(=O)CC(c3ccccc3)c3ccccc3)sc2c1. The lowest BCUT2D eigenvalue weighted by Gasteiger charge is -2.30. The number of thiazole rings is 1. The standard InChI is InChI=1S/C29H31N3O2S2/c1-35-24-12-13-26-27(20-24)36-29(30-26)32(15-14-31-16-18-34-19-17-31)28(33)21-25(22-8-4-2-5-9-22)23-10-6-3-7-11-23/h2-13,20,25H,14-19,21H2,1H3. The molecule has 0 bridgehead atoms. The van der Waals surface area contributed by atoms with Crippen LogP contribution in [0, 0.1) is 0 Å². The van der Waals surface area contributed by atoms with Gasteiger partial charge in [-0.15, -0.1) is 11.8 Å². The maximum Gasteiger partial charge on any atom is 0.229 e. The predicted octanol–water partition coefficient (Wildman–Crippen LogP) is 5.91. The van der Waals surface area contributed by atoms with Crippen molar-refractivity contribution in [2.24, 2.45) is 0 Å². The van der Waals surface area contributed by atoms with Gasteiger partial charge in [-0.1, -0.05) is 72.0 Å². The summed E-state index contributed by atoms with van der Waals surface area (Å²) >= 11 is 3.33. The van der Waals surface area contributed by atoms with Gasteiger partial charge in [-0.05, 0) is 35.6 Å². The molecule has 0 saturated carbocycles. The zero-order chi connectivity index (χ0) is 24.7. The van der Waals surface area contributed by atoms with Crippen LogP contribution in [0.4, 0.5) is 5.13 Å². The molecule has 2 heterocycles. The highest BCUT2D eigenvalue weighted by molar-refractivity contribution is 7.98. The Morgan fingerprint density at radius 1 is 1.03 bits per heavy atom. The van der Waals surface area contributed by atoms with Crippen molar-refractivity contribution >= 4 is 44.4 Å². The quantitative estimate of drug-likeness (QED) is 0.259. The van der Waals surface area contributed by atoms with E-state index in [0.29, 0.717) is 13.0 Å². The summed E-state index contributed by atoms with van der Waals surface area (Å²) in [6.45, 7) is 4.71.